The zero-order valence-electron chi connectivity index (χ0n) is 12.1. The van der Waals surface area contributed by atoms with Crippen LogP contribution >= 0.6 is 11.8 Å². The molecule has 1 aromatic carbocycles. The van der Waals surface area contributed by atoms with Crippen LogP contribution in [0.15, 0.2) is 29.2 Å². The lowest BCUT2D eigenvalue weighted by Crippen LogP contribution is -2.38. The molecule has 0 aliphatic carbocycles. The number of hydrogen-bond acceptors (Lipinski definition) is 3. The standard InChI is InChI=1S/C15H21NO3S/c1-4-12(5-2)16-14(17)10(3)20-13-8-6-7-11(9-13)15(18)19/h6-10,12H,4-5H2,1-3H3,(H,16,17)(H,18,19). The number of amides is 1. The summed E-state index contributed by atoms with van der Waals surface area (Å²) < 4.78 is 0. The van der Waals surface area contributed by atoms with Crippen molar-refractivity contribution >= 4 is 23.6 Å². The Morgan fingerprint density at radius 3 is 2.50 bits per heavy atom. The molecule has 1 amide bonds. The summed E-state index contributed by atoms with van der Waals surface area (Å²) >= 11 is 1.37. The third-order valence-corrected chi connectivity index (χ3v) is 4.19. The van der Waals surface area contributed by atoms with Crippen molar-refractivity contribution < 1.29 is 14.7 Å². The first-order chi connectivity index (χ1) is 9.47. The third kappa shape index (κ3) is 4.89. The number of carboxylic acids is 1. The molecule has 110 valence electrons. The SMILES string of the molecule is CCC(CC)NC(=O)C(C)Sc1cccc(C(=O)O)c1. The molecule has 0 aliphatic heterocycles. The molecule has 0 aromatic heterocycles. The fourth-order valence-electron chi connectivity index (χ4n) is 1.77. The van der Waals surface area contributed by atoms with E-state index in [4.69, 9.17) is 5.11 Å². The number of carboxylic acid groups (broad SMARTS) is 1. The van der Waals surface area contributed by atoms with Gasteiger partial charge in [0.15, 0.2) is 0 Å². The lowest BCUT2D eigenvalue weighted by atomic mass is 10.2. The van der Waals surface area contributed by atoms with E-state index < -0.39 is 5.97 Å². The Bertz CT molecular complexity index is 472. The van der Waals surface area contributed by atoms with Crippen LogP contribution in [0.4, 0.5) is 0 Å². The number of carbonyl (C=O) groups excluding carboxylic acids is 1. The minimum Gasteiger partial charge on any atom is -0.478 e. The van der Waals surface area contributed by atoms with Crippen LogP contribution in [-0.4, -0.2) is 28.3 Å². The van der Waals surface area contributed by atoms with Crippen LogP contribution in [0.1, 0.15) is 44.0 Å². The van der Waals surface area contributed by atoms with Crippen molar-refractivity contribution in [3.05, 3.63) is 29.8 Å². The molecule has 1 aromatic rings. The number of hydrogen-bond donors (Lipinski definition) is 2. The van der Waals surface area contributed by atoms with Gasteiger partial charge in [-0.2, -0.15) is 0 Å². The van der Waals surface area contributed by atoms with Crippen molar-refractivity contribution in [2.75, 3.05) is 0 Å². The number of rotatable bonds is 7. The second-order valence-electron chi connectivity index (χ2n) is 4.62. The molecule has 4 nitrogen and oxygen atoms in total. The van der Waals surface area contributed by atoms with Crippen LogP contribution in [0.3, 0.4) is 0 Å². The summed E-state index contributed by atoms with van der Waals surface area (Å²) in [5.41, 5.74) is 0.239. The Morgan fingerprint density at radius 2 is 1.95 bits per heavy atom. The highest BCUT2D eigenvalue weighted by atomic mass is 32.2. The third-order valence-electron chi connectivity index (χ3n) is 3.10. The fourth-order valence-corrected chi connectivity index (χ4v) is 2.71. The lowest BCUT2D eigenvalue weighted by molar-refractivity contribution is -0.121. The summed E-state index contributed by atoms with van der Waals surface area (Å²) in [6, 6.07) is 6.85. The Labute approximate surface area is 124 Å². The first-order valence-corrected chi connectivity index (χ1v) is 7.66. The molecule has 0 fully saturated rings. The monoisotopic (exact) mass is 295 g/mol. The van der Waals surface area contributed by atoms with Crippen LogP contribution in [0.2, 0.25) is 0 Å². The second kappa shape index (κ2) is 7.94. The maximum atomic E-state index is 12.0. The molecule has 0 saturated heterocycles. The molecule has 0 aliphatic rings. The van der Waals surface area contributed by atoms with Gasteiger partial charge < -0.3 is 10.4 Å². The Morgan fingerprint density at radius 1 is 1.30 bits per heavy atom. The van der Waals surface area contributed by atoms with E-state index in [1.54, 1.807) is 18.2 Å². The summed E-state index contributed by atoms with van der Waals surface area (Å²) in [5.74, 6) is -0.967. The van der Waals surface area contributed by atoms with Gasteiger partial charge in [0.2, 0.25) is 5.91 Å². The maximum absolute atomic E-state index is 12.0. The molecule has 0 radical (unpaired) electrons. The minimum absolute atomic E-state index is 0.00979. The van der Waals surface area contributed by atoms with E-state index in [0.29, 0.717) is 0 Å². The lowest BCUT2D eigenvalue weighted by Gasteiger charge is -2.18. The molecule has 1 atom stereocenters. The van der Waals surface area contributed by atoms with Gasteiger partial charge in [0.05, 0.1) is 10.8 Å². The fraction of sp³-hybridized carbons (Fsp3) is 0.467. The van der Waals surface area contributed by atoms with Gasteiger partial charge >= 0.3 is 5.97 Å². The van der Waals surface area contributed by atoms with Gasteiger partial charge in [0.25, 0.3) is 0 Å². The molecule has 2 N–H and O–H groups in total. The largest absolute Gasteiger partial charge is 0.478 e. The van der Waals surface area contributed by atoms with Gasteiger partial charge in [-0.15, -0.1) is 11.8 Å². The summed E-state index contributed by atoms with van der Waals surface area (Å²) in [6.45, 7) is 5.92. The molecule has 20 heavy (non-hydrogen) atoms. The Hall–Kier alpha value is -1.49. The molecule has 0 bridgehead atoms. The molecule has 5 heteroatoms. The van der Waals surface area contributed by atoms with Gasteiger partial charge in [-0.05, 0) is 38.0 Å². The van der Waals surface area contributed by atoms with Crippen molar-refractivity contribution in [2.24, 2.45) is 0 Å². The normalized spacial score (nSPS) is 12.2. The highest BCUT2D eigenvalue weighted by Crippen LogP contribution is 2.24. The van der Waals surface area contributed by atoms with Gasteiger partial charge in [-0.3, -0.25) is 4.79 Å². The molecule has 1 unspecified atom stereocenters. The van der Waals surface area contributed by atoms with E-state index in [1.165, 1.54) is 11.8 Å². The number of nitrogens with one attached hydrogen (secondary N) is 1. The van der Waals surface area contributed by atoms with Crippen LogP contribution in [0.5, 0.6) is 0 Å². The highest BCUT2D eigenvalue weighted by molar-refractivity contribution is 8.00. The molecule has 0 heterocycles. The maximum Gasteiger partial charge on any atom is 0.335 e. The molecule has 1 rings (SSSR count). The van der Waals surface area contributed by atoms with E-state index in [9.17, 15) is 9.59 Å². The molecular weight excluding hydrogens is 274 g/mol. The van der Waals surface area contributed by atoms with Crippen LogP contribution in [0, 0.1) is 0 Å². The molecule has 0 saturated carbocycles. The Balaban J connectivity index is 2.65. The van der Waals surface area contributed by atoms with E-state index in [2.05, 4.69) is 5.32 Å². The molecular formula is C15H21NO3S. The Kier molecular flexibility index (Phi) is 6.58. The van der Waals surface area contributed by atoms with E-state index in [-0.39, 0.29) is 22.8 Å². The van der Waals surface area contributed by atoms with Crippen LogP contribution in [-0.2, 0) is 4.79 Å². The van der Waals surface area contributed by atoms with Crippen molar-refractivity contribution in [1.82, 2.24) is 5.32 Å². The van der Waals surface area contributed by atoms with Gasteiger partial charge in [-0.25, -0.2) is 4.79 Å². The minimum atomic E-state index is -0.957. The summed E-state index contributed by atoms with van der Waals surface area (Å²) in [5, 5.41) is 11.7. The van der Waals surface area contributed by atoms with Crippen molar-refractivity contribution in [1.29, 1.82) is 0 Å². The van der Waals surface area contributed by atoms with Gasteiger partial charge in [0, 0.05) is 10.9 Å². The predicted molar refractivity (Wildman–Crippen MR) is 81.2 cm³/mol. The number of benzene rings is 1. The van der Waals surface area contributed by atoms with E-state index in [0.717, 1.165) is 17.7 Å². The van der Waals surface area contributed by atoms with Crippen LogP contribution in [0.25, 0.3) is 0 Å². The zero-order chi connectivity index (χ0) is 15.1. The number of thioether (sulfide) groups is 1. The highest BCUT2D eigenvalue weighted by Gasteiger charge is 2.17. The second-order valence-corrected chi connectivity index (χ2v) is 6.03. The average Bonchev–Trinajstić information content (AvgIpc) is 2.44. The number of carbonyl (C=O) groups is 2. The van der Waals surface area contributed by atoms with E-state index in [1.807, 2.05) is 26.8 Å². The topological polar surface area (TPSA) is 66.4 Å². The smallest absolute Gasteiger partial charge is 0.335 e. The van der Waals surface area contributed by atoms with Crippen molar-refractivity contribution in [3.63, 3.8) is 0 Å². The zero-order valence-corrected chi connectivity index (χ0v) is 12.9. The van der Waals surface area contributed by atoms with Gasteiger partial charge in [0.1, 0.15) is 0 Å². The molecule has 0 spiro atoms. The first kappa shape index (κ1) is 16.6. The summed E-state index contributed by atoms with van der Waals surface area (Å²) in [7, 11) is 0. The quantitative estimate of drug-likeness (QED) is 0.758. The average molecular weight is 295 g/mol. The van der Waals surface area contributed by atoms with E-state index >= 15 is 0 Å². The summed E-state index contributed by atoms with van der Waals surface area (Å²) in [6.07, 6.45) is 1.82. The predicted octanol–water partition coefficient (Wildman–Crippen LogP) is 3.17. The van der Waals surface area contributed by atoms with Crippen molar-refractivity contribution in [3.8, 4) is 0 Å². The summed E-state index contributed by atoms with van der Waals surface area (Å²) in [4.78, 5) is 23.7. The number of aromatic carboxylic acids is 1. The van der Waals surface area contributed by atoms with Crippen LogP contribution < -0.4 is 5.32 Å². The van der Waals surface area contributed by atoms with Crippen molar-refractivity contribution in [2.45, 2.75) is 49.8 Å². The van der Waals surface area contributed by atoms with Gasteiger partial charge in [-0.1, -0.05) is 19.9 Å². The first-order valence-electron chi connectivity index (χ1n) is 6.78.